The highest BCUT2D eigenvalue weighted by Crippen LogP contribution is 2.38. The number of nitrogens with one attached hydrogen (secondary N) is 1. The van der Waals surface area contributed by atoms with Gasteiger partial charge in [0.25, 0.3) is 0 Å². The smallest absolute Gasteiger partial charge is 0.231 e. The highest BCUT2D eigenvalue weighted by atomic mass is 16.7. The van der Waals surface area contributed by atoms with E-state index >= 15 is 0 Å². The van der Waals surface area contributed by atoms with E-state index in [2.05, 4.69) is 20.2 Å². The van der Waals surface area contributed by atoms with Gasteiger partial charge in [0.15, 0.2) is 23.0 Å². The minimum Gasteiger partial charge on any atom is -0.454 e. The second kappa shape index (κ2) is 7.15. The molecule has 2 aromatic rings. The van der Waals surface area contributed by atoms with Crippen LogP contribution in [0, 0.1) is 0 Å². The van der Waals surface area contributed by atoms with Crippen LogP contribution in [0.1, 0.15) is 12.8 Å². The van der Waals surface area contributed by atoms with Crippen molar-refractivity contribution in [1.29, 1.82) is 0 Å². The van der Waals surface area contributed by atoms with Crippen LogP contribution in [0.25, 0.3) is 0 Å². The second-order valence-corrected chi connectivity index (χ2v) is 7.59. The normalized spacial score (nSPS) is 21.2. The van der Waals surface area contributed by atoms with Gasteiger partial charge in [-0.3, -0.25) is 4.90 Å². The molecule has 1 atom stereocenters. The lowest BCUT2D eigenvalue weighted by atomic mass is 10.2. The van der Waals surface area contributed by atoms with Crippen LogP contribution in [0.5, 0.6) is 23.0 Å². The molecule has 4 heterocycles. The zero-order valence-electron chi connectivity index (χ0n) is 16.8. The van der Waals surface area contributed by atoms with E-state index in [0.29, 0.717) is 11.5 Å². The van der Waals surface area contributed by atoms with Crippen molar-refractivity contribution in [2.24, 2.45) is 15.7 Å². The molecule has 160 valence electrons. The Morgan fingerprint density at radius 2 is 1.55 bits per heavy atom. The molecule has 3 N–H and O–H groups in total. The number of anilines is 2. The molecule has 10 heteroatoms. The zero-order chi connectivity index (χ0) is 20.8. The van der Waals surface area contributed by atoms with Gasteiger partial charge in [-0.2, -0.15) is 4.99 Å². The Hall–Kier alpha value is -3.82. The molecule has 0 amide bonds. The fourth-order valence-electron chi connectivity index (χ4n) is 4.14. The maximum Gasteiger partial charge on any atom is 0.231 e. The van der Waals surface area contributed by atoms with E-state index in [-0.39, 0.29) is 19.5 Å². The molecule has 0 spiro atoms. The Morgan fingerprint density at radius 3 is 2.32 bits per heavy atom. The summed E-state index contributed by atoms with van der Waals surface area (Å²) >= 11 is 0. The maximum atomic E-state index is 6.14. The first-order valence-electron chi connectivity index (χ1n) is 10.3. The van der Waals surface area contributed by atoms with E-state index in [0.717, 1.165) is 54.8 Å². The second-order valence-electron chi connectivity index (χ2n) is 7.59. The first-order chi connectivity index (χ1) is 15.2. The molecule has 1 unspecified atom stereocenters. The van der Waals surface area contributed by atoms with Gasteiger partial charge in [0, 0.05) is 30.9 Å². The summed E-state index contributed by atoms with van der Waals surface area (Å²) in [4.78, 5) is 13.5. The van der Waals surface area contributed by atoms with Crippen LogP contribution >= 0.6 is 0 Å². The molecule has 1 fully saturated rings. The number of hydrogen-bond donors (Lipinski definition) is 2. The van der Waals surface area contributed by atoms with E-state index in [9.17, 15) is 0 Å². The fourth-order valence-corrected chi connectivity index (χ4v) is 4.14. The molecule has 6 rings (SSSR count). The minimum atomic E-state index is -0.506. The quantitative estimate of drug-likeness (QED) is 0.775. The largest absolute Gasteiger partial charge is 0.454 e. The predicted octanol–water partition coefficient (Wildman–Crippen LogP) is 2.13. The molecule has 2 aromatic carbocycles. The van der Waals surface area contributed by atoms with Crippen molar-refractivity contribution >= 4 is 23.3 Å². The molecule has 31 heavy (non-hydrogen) atoms. The molecule has 10 nitrogen and oxygen atoms in total. The van der Waals surface area contributed by atoms with Crippen molar-refractivity contribution in [3.05, 3.63) is 36.4 Å². The van der Waals surface area contributed by atoms with Gasteiger partial charge in [0.2, 0.25) is 31.8 Å². The van der Waals surface area contributed by atoms with Crippen molar-refractivity contribution in [2.45, 2.75) is 19.1 Å². The average Bonchev–Trinajstić information content (AvgIpc) is 3.53. The molecule has 4 aliphatic rings. The molecule has 0 bridgehead atoms. The summed E-state index contributed by atoms with van der Waals surface area (Å²) in [5.74, 6) is 3.84. The molecule has 1 saturated heterocycles. The lowest BCUT2D eigenvalue weighted by molar-refractivity contribution is 0.173. The number of nitrogens with two attached hydrogens (primary N) is 1. The number of guanidine groups is 2. The average molecular weight is 422 g/mol. The molecule has 0 aliphatic carbocycles. The molecule has 0 saturated carbocycles. The molecule has 0 radical (unpaired) electrons. The van der Waals surface area contributed by atoms with Gasteiger partial charge >= 0.3 is 0 Å². The first-order valence-corrected chi connectivity index (χ1v) is 10.3. The number of aliphatic imine (C=N–C) groups is 2. The summed E-state index contributed by atoms with van der Waals surface area (Å²) in [6.07, 6.45) is 1.73. The van der Waals surface area contributed by atoms with E-state index in [1.54, 1.807) is 0 Å². The van der Waals surface area contributed by atoms with Crippen molar-refractivity contribution in [3.63, 3.8) is 0 Å². The third-order valence-electron chi connectivity index (χ3n) is 5.62. The van der Waals surface area contributed by atoms with E-state index in [1.807, 2.05) is 41.3 Å². The maximum absolute atomic E-state index is 6.14. The molecule has 4 aliphatic heterocycles. The van der Waals surface area contributed by atoms with Crippen LogP contribution in [-0.2, 0) is 0 Å². The highest BCUT2D eigenvalue weighted by Gasteiger charge is 2.33. The van der Waals surface area contributed by atoms with Crippen LogP contribution in [0.3, 0.4) is 0 Å². The summed E-state index contributed by atoms with van der Waals surface area (Å²) in [5.41, 5.74) is 7.85. The number of benzene rings is 2. The zero-order valence-corrected chi connectivity index (χ0v) is 16.8. The topological polar surface area (TPSA) is 106 Å². The van der Waals surface area contributed by atoms with Gasteiger partial charge in [-0.05, 0) is 37.1 Å². The third kappa shape index (κ3) is 3.20. The summed E-state index contributed by atoms with van der Waals surface area (Å²) in [5, 5.41) is 3.45. The predicted molar refractivity (Wildman–Crippen MR) is 115 cm³/mol. The van der Waals surface area contributed by atoms with Crippen LogP contribution in [-0.4, -0.2) is 49.8 Å². The Morgan fingerprint density at radius 1 is 0.871 bits per heavy atom. The number of likely N-dealkylation sites (tertiary alicyclic amines) is 1. The van der Waals surface area contributed by atoms with E-state index in [4.69, 9.17) is 24.7 Å². The van der Waals surface area contributed by atoms with Crippen molar-refractivity contribution in [1.82, 2.24) is 4.90 Å². The standard InChI is InChI=1S/C21H22N6O4/c22-19-24-20(23-13-3-5-15-17(9-13)30-11-28-15)27(21(25-19)26-7-1-2-8-26)14-4-6-16-18(10-14)31-12-29-16/h3-6,9-10,20,23H,1-2,7-8,11-12H2,(H2,22,24). The van der Waals surface area contributed by atoms with Crippen molar-refractivity contribution < 1.29 is 18.9 Å². The van der Waals surface area contributed by atoms with Gasteiger partial charge < -0.3 is 34.9 Å². The lowest BCUT2D eigenvalue weighted by Gasteiger charge is -2.38. The summed E-state index contributed by atoms with van der Waals surface area (Å²) < 4.78 is 22.0. The third-order valence-corrected chi connectivity index (χ3v) is 5.62. The van der Waals surface area contributed by atoms with Crippen LogP contribution in [0.15, 0.2) is 46.4 Å². The highest BCUT2D eigenvalue weighted by molar-refractivity contribution is 6.06. The first kappa shape index (κ1) is 18.0. The Bertz CT molecular complexity index is 1080. The molecule has 0 aromatic heterocycles. The Labute approximate surface area is 178 Å². The van der Waals surface area contributed by atoms with Gasteiger partial charge in [-0.15, -0.1) is 0 Å². The van der Waals surface area contributed by atoms with Crippen molar-refractivity contribution in [2.75, 3.05) is 36.9 Å². The number of rotatable bonds is 3. The number of nitrogens with zero attached hydrogens (tertiary/aromatic N) is 4. The Kier molecular flexibility index (Phi) is 4.15. The van der Waals surface area contributed by atoms with E-state index < -0.39 is 6.29 Å². The fraction of sp³-hybridized carbons (Fsp3) is 0.333. The molecular formula is C21H22N6O4. The van der Waals surface area contributed by atoms with E-state index in [1.165, 1.54) is 0 Å². The van der Waals surface area contributed by atoms with Crippen LogP contribution < -0.4 is 34.9 Å². The number of ether oxygens (including phenoxy) is 4. The van der Waals surface area contributed by atoms with Gasteiger partial charge in [0.1, 0.15) is 0 Å². The molecular weight excluding hydrogens is 400 g/mol. The lowest BCUT2D eigenvalue weighted by Crippen LogP contribution is -2.54. The van der Waals surface area contributed by atoms with Crippen molar-refractivity contribution in [3.8, 4) is 23.0 Å². The van der Waals surface area contributed by atoms with Gasteiger partial charge in [-0.25, -0.2) is 4.99 Å². The minimum absolute atomic E-state index is 0.218. The summed E-state index contributed by atoms with van der Waals surface area (Å²) in [6, 6.07) is 11.5. The van der Waals surface area contributed by atoms with Crippen LogP contribution in [0.2, 0.25) is 0 Å². The number of hydrogen-bond acceptors (Lipinski definition) is 10. The number of fused-ring (bicyclic) bond motifs is 2. The summed E-state index contributed by atoms with van der Waals surface area (Å²) in [6.45, 7) is 2.28. The van der Waals surface area contributed by atoms with Gasteiger partial charge in [-0.1, -0.05) is 0 Å². The monoisotopic (exact) mass is 422 g/mol. The van der Waals surface area contributed by atoms with Gasteiger partial charge in [0.05, 0.1) is 5.69 Å². The summed E-state index contributed by atoms with van der Waals surface area (Å²) in [7, 11) is 0. The SMILES string of the molecule is NC1=NC(Nc2ccc3c(c2)OCO3)N(c2ccc3c(c2)OCO3)C(N2CCCC2)=N1. The Balaban J connectivity index is 1.38. The van der Waals surface area contributed by atoms with Crippen LogP contribution in [0.4, 0.5) is 11.4 Å².